The second-order valence-electron chi connectivity index (χ2n) is 5.98. The van der Waals surface area contributed by atoms with Crippen molar-refractivity contribution in [3.05, 3.63) is 24.0 Å². The molecule has 1 N–H and O–H groups in total. The van der Waals surface area contributed by atoms with Crippen molar-refractivity contribution >= 4 is 17.0 Å². The molecule has 0 spiro atoms. The van der Waals surface area contributed by atoms with Gasteiger partial charge >= 0.3 is 5.97 Å². The fourth-order valence-corrected chi connectivity index (χ4v) is 2.50. The molecule has 0 bridgehead atoms. The van der Waals surface area contributed by atoms with Gasteiger partial charge in [0.15, 0.2) is 0 Å². The molecule has 1 fully saturated rings. The molecule has 1 unspecified atom stereocenters. The molecule has 0 amide bonds. The molecule has 23 heavy (non-hydrogen) atoms. The van der Waals surface area contributed by atoms with Crippen molar-refractivity contribution in [1.29, 1.82) is 0 Å². The zero-order chi connectivity index (χ0) is 16.4. The van der Waals surface area contributed by atoms with Crippen LogP contribution in [0, 0.1) is 0 Å². The predicted molar refractivity (Wildman–Crippen MR) is 85.1 cm³/mol. The number of imidazole rings is 1. The maximum atomic E-state index is 11.4. The Balaban J connectivity index is 1.91. The Morgan fingerprint density at radius 2 is 2.30 bits per heavy atom. The molecule has 1 aliphatic heterocycles. The van der Waals surface area contributed by atoms with Gasteiger partial charge in [0.05, 0.1) is 30.1 Å². The third-order valence-corrected chi connectivity index (χ3v) is 3.93. The quantitative estimate of drug-likeness (QED) is 0.833. The summed E-state index contributed by atoms with van der Waals surface area (Å²) in [5.74, 6) is -0.466. The molecular weight excluding hydrogens is 298 g/mol. The van der Waals surface area contributed by atoms with Gasteiger partial charge in [-0.15, -0.1) is 0 Å². The molecule has 2 aromatic rings. The van der Waals surface area contributed by atoms with Crippen LogP contribution in [-0.2, 0) is 11.3 Å². The standard InChI is InChI=1S/C16H21N3O4/c1-18(2)4-6-23-14-8-11(16(20)21)7-13-15(14)17-10-19(13)9-12-3-5-22-12/h7-8,10,12H,3-6,9H2,1-2H3,(H,20,21). The summed E-state index contributed by atoms with van der Waals surface area (Å²) in [6, 6.07) is 3.18. The fraction of sp³-hybridized carbons (Fsp3) is 0.500. The first-order valence-corrected chi connectivity index (χ1v) is 7.66. The summed E-state index contributed by atoms with van der Waals surface area (Å²) in [5, 5.41) is 9.33. The highest BCUT2D eigenvalue weighted by atomic mass is 16.5. The van der Waals surface area contributed by atoms with Crippen LogP contribution in [0.15, 0.2) is 18.5 Å². The van der Waals surface area contributed by atoms with Crippen LogP contribution in [0.1, 0.15) is 16.8 Å². The van der Waals surface area contributed by atoms with Gasteiger partial charge in [0.2, 0.25) is 0 Å². The maximum absolute atomic E-state index is 11.4. The average Bonchev–Trinajstić information content (AvgIpc) is 2.85. The summed E-state index contributed by atoms with van der Waals surface area (Å²) < 4.78 is 13.2. The first-order valence-electron chi connectivity index (χ1n) is 7.66. The minimum absolute atomic E-state index is 0.180. The number of hydrogen-bond acceptors (Lipinski definition) is 5. The van der Waals surface area contributed by atoms with Crippen molar-refractivity contribution in [2.75, 3.05) is 33.9 Å². The average molecular weight is 319 g/mol. The number of aromatic carboxylic acids is 1. The van der Waals surface area contributed by atoms with Crippen LogP contribution in [-0.4, -0.2) is 65.5 Å². The van der Waals surface area contributed by atoms with Crippen LogP contribution in [0.25, 0.3) is 11.0 Å². The fourth-order valence-electron chi connectivity index (χ4n) is 2.50. The van der Waals surface area contributed by atoms with Gasteiger partial charge < -0.3 is 24.0 Å². The smallest absolute Gasteiger partial charge is 0.335 e. The van der Waals surface area contributed by atoms with Crippen LogP contribution in [0.2, 0.25) is 0 Å². The molecule has 0 aliphatic carbocycles. The molecule has 1 saturated heterocycles. The number of likely N-dealkylation sites (N-methyl/N-ethyl adjacent to an activating group) is 1. The lowest BCUT2D eigenvalue weighted by molar-refractivity contribution is -0.0586. The van der Waals surface area contributed by atoms with Crippen LogP contribution in [0.3, 0.4) is 0 Å². The third-order valence-electron chi connectivity index (χ3n) is 3.93. The Morgan fingerprint density at radius 3 is 2.91 bits per heavy atom. The summed E-state index contributed by atoms with van der Waals surface area (Å²) in [6.45, 7) is 2.69. The predicted octanol–water partition coefficient (Wildman–Crippen LogP) is 1.46. The second-order valence-corrected chi connectivity index (χ2v) is 5.98. The van der Waals surface area contributed by atoms with E-state index in [0.29, 0.717) is 24.4 Å². The molecule has 0 radical (unpaired) electrons. The SMILES string of the molecule is CN(C)CCOc1cc(C(=O)O)cc2c1ncn2CC1CCO1. The van der Waals surface area contributed by atoms with Gasteiger partial charge in [0, 0.05) is 13.2 Å². The van der Waals surface area contributed by atoms with Crippen molar-refractivity contribution in [2.24, 2.45) is 0 Å². The molecular formula is C16H21N3O4. The first-order chi connectivity index (χ1) is 11.0. The minimum atomic E-state index is -0.975. The molecule has 1 atom stereocenters. The highest BCUT2D eigenvalue weighted by Gasteiger charge is 2.21. The van der Waals surface area contributed by atoms with E-state index in [-0.39, 0.29) is 11.7 Å². The van der Waals surface area contributed by atoms with Crippen molar-refractivity contribution < 1.29 is 19.4 Å². The van der Waals surface area contributed by atoms with Gasteiger partial charge in [-0.25, -0.2) is 9.78 Å². The summed E-state index contributed by atoms with van der Waals surface area (Å²) in [5.41, 5.74) is 1.65. The Bertz CT molecular complexity index is 707. The van der Waals surface area contributed by atoms with Gasteiger partial charge in [-0.1, -0.05) is 0 Å². The van der Waals surface area contributed by atoms with Crippen molar-refractivity contribution in [1.82, 2.24) is 14.5 Å². The van der Waals surface area contributed by atoms with Crippen LogP contribution in [0.5, 0.6) is 5.75 Å². The van der Waals surface area contributed by atoms with Gasteiger partial charge in [-0.3, -0.25) is 0 Å². The number of aromatic nitrogens is 2. The number of hydrogen-bond donors (Lipinski definition) is 1. The number of ether oxygens (including phenoxy) is 2. The van der Waals surface area contributed by atoms with E-state index in [1.54, 1.807) is 12.4 Å². The number of fused-ring (bicyclic) bond motifs is 1. The Kier molecular flexibility index (Phi) is 4.49. The summed E-state index contributed by atoms with van der Waals surface area (Å²) in [7, 11) is 3.92. The molecule has 7 nitrogen and oxygen atoms in total. The van der Waals surface area contributed by atoms with Crippen molar-refractivity contribution in [2.45, 2.75) is 19.1 Å². The van der Waals surface area contributed by atoms with Gasteiger partial charge in [-0.05, 0) is 32.6 Å². The van der Waals surface area contributed by atoms with Crippen LogP contribution < -0.4 is 4.74 Å². The molecule has 2 heterocycles. The number of carbonyl (C=O) groups is 1. The highest BCUT2D eigenvalue weighted by Crippen LogP contribution is 2.28. The Labute approximate surface area is 134 Å². The molecule has 0 saturated carbocycles. The maximum Gasteiger partial charge on any atom is 0.335 e. The zero-order valence-electron chi connectivity index (χ0n) is 13.4. The topological polar surface area (TPSA) is 76.8 Å². The number of carboxylic acids is 1. The van der Waals surface area contributed by atoms with Gasteiger partial charge in [0.1, 0.15) is 17.9 Å². The van der Waals surface area contributed by atoms with Crippen molar-refractivity contribution in [3.63, 3.8) is 0 Å². The normalized spacial score (nSPS) is 17.4. The largest absolute Gasteiger partial charge is 0.490 e. The van der Waals surface area contributed by atoms with Gasteiger partial charge in [0.25, 0.3) is 0 Å². The van der Waals surface area contributed by atoms with E-state index in [2.05, 4.69) is 4.98 Å². The highest BCUT2D eigenvalue weighted by molar-refractivity contribution is 5.95. The van der Waals surface area contributed by atoms with Crippen molar-refractivity contribution in [3.8, 4) is 5.75 Å². The number of carboxylic acid groups (broad SMARTS) is 1. The van der Waals surface area contributed by atoms with E-state index in [1.165, 1.54) is 6.07 Å². The van der Waals surface area contributed by atoms with E-state index in [0.717, 1.165) is 25.1 Å². The van der Waals surface area contributed by atoms with E-state index in [9.17, 15) is 9.90 Å². The molecule has 1 aromatic carbocycles. The lowest BCUT2D eigenvalue weighted by Gasteiger charge is -2.26. The molecule has 1 aliphatic rings. The number of nitrogens with zero attached hydrogens (tertiary/aromatic N) is 3. The summed E-state index contributed by atoms with van der Waals surface area (Å²) >= 11 is 0. The number of benzene rings is 1. The van der Waals surface area contributed by atoms with E-state index in [4.69, 9.17) is 9.47 Å². The molecule has 3 rings (SSSR count). The van der Waals surface area contributed by atoms with E-state index in [1.807, 2.05) is 23.6 Å². The Hall–Kier alpha value is -2.12. The lowest BCUT2D eigenvalue weighted by atomic mass is 10.1. The summed E-state index contributed by atoms with van der Waals surface area (Å²) in [6.07, 6.45) is 2.92. The molecule has 124 valence electrons. The summed E-state index contributed by atoms with van der Waals surface area (Å²) in [4.78, 5) is 17.8. The first kappa shape index (κ1) is 15.8. The zero-order valence-corrected chi connectivity index (χ0v) is 13.4. The second kappa shape index (κ2) is 6.55. The minimum Gasteiger partial charge on any atom is -0.490 e. The molecule has 1 aromatic heterocycles. The number of rotatable bonds is 7. The van der Waals surface area contributed by atoms with Crippen LogP contribution in [0.4, 0.5) is 0 Å². The van der Waals surface area contributed by atoms with E-state index >= 15 is 0 Å². The lowest BCUT2D eigenvalue weighted by Crippen LogP contribution is -2.30. The monoisotopic (exact) mass is 319 g/mol. The van der Waals surface area contributed by atoms with E-state index < -0.39 is 5.97 Å². The third kappa shape index (κ3) is 3.46. The van der Waals surface area contributed by atoms with Gasteiger partial charge in [-0.2, -0.15) is 0 Å². The Morgan fingerprint density at radius 1 is 1.52 bits per heavy atom. The van der Waals surface area contributed by atoms with Crippen LogP contribution >= 0.6 is 0 Å². The molecule has 7 heteroatoms.